The molecule has 0 bridgehead atoms. The Morgan fingerprint density at radius 2 is 2.00 bits per heavy atom. The lowest BCUT2D eigenvalue weighted by Gasteiger charge is -2.01. The van der Waals surface area contributed by atoms with Crippen LogP contribution >= 0.6 is 11.6 Å². The first-order valence-electron chi connectivity index (χ1n) is 5.27. The van der Waals surface area contributed by atoms with Gasteiger partial charge in [0.05, 0.1) is 12.4 Å². The Morgan fingerprint density at radius 3 is 2.76 bits per heavy atom. The molecule has 0 atom stereocenters. The van der Waals surface area contributed by atoms with Gasteiger partial charge in [-0.2, -0.15) is 0 Å². The first-order chi connectivity index (χ1) is 8.34. The highest BCUT2D eigenvalue weighted by Crippen LogP contribution is 2.06. The average Bonchev–Trinajstić information content (AvgIpc) is 2.36. The maximum absolute atomic E-state index is 5.72. The van der Waals surface area contributed by atoms with E-state index < -0.39 is 0 Å². The Bertz CT molecular complexity index is 497. The van der Waals surface area contributed by atoms with E-state index in [4.69, 9.17) is 11.6 Å². The molecule has 17 heavy (non-hydrogen) atoms. The lowest BCUT2D eigenvalue weighted by atomic mass is 10.2. The van der Waals surface area contributed by atoms with E-state index in [1.807, 2.05) is 30.4 Å². The summed E-state index contributed by atoms with van der Waals surface area (Å²) in [7, 11) is 0. The molecule has 1 aromatic carbocycles. The Kier molecular flexibility index (Phi) is 4.11. The number of benzene rings is 1. The third-order valence-electron chi connectivity index (χ3n) is 2.12. The second-order valence-electron chi connectivity index (χ2n) is 3.42. The van der Waals surface area contributed by atoms with Gasteiger partial charge in [0, 0.05) is 6.54 Å². The smallest absolute Gasteiger partial charge is 0.149 e. The summed E-state index contributed by atoms with van der Waals surface area (Å²) in [6, 6.07) is 10.1. The van der Waals surface area contributed by atoms with E-state index in [1.165, 1.54) is 11.8 Å². The summed E-state index contributed by atoms with van der Waals surface area (Å²) >= 11 is 5.72. The van der Waals surface area contributed by atoms with Crippen molar-refractivity contribution in [3.63, 3.8) is 0 Å². The summed E-state index contributed by atoms with van der Waals surface area (Å²) in [5.41, 5.74) is 1.17. The first kappa shape index (κ1) is 11.6. The van der Waals surface area contributed by atoms with Crippen molar-refractivity contribution in [1.29, 1.82) is 0 Å². The number of nitrogens with one attached hydrogen (secondary N) is 1. The highest BCUT2D eigenvalue weighted by molar-refractivity contribution is 6.29. The number of hydrogen-bond acceptors (Lipinski definition) is 3. The summed E-state index contributed by atoms with van der Waals surface area (Å²) < 4.78 is 0. The molecule has 1 aromatic heterocycles. The molecule has 1 heterocycles. The van der Waals surface area contributed by atoms with E-state index in [1.54, 1.807) is 6.20 Å². The molecule has 0 aliphatic heterocycles. The monoisotopic (exact) mass is 245 g/mol. The van der Waals surface area contributed by atoms with Gasteiger partial charge in [0.2, 0.25) is 0 Å². The molecule has 0 amide bonds. The molecular formula is C13H12ClN3. The van der Waals surface area contributed by atoms with Crippen molar-refractivity contribution in [2.24, 2.45) is 0 Å². The largest absolute Gasteiger partial charge is 0.365 e. The van der Waals surface area contributed by atoms with Crippen molar-refractivity contribution in [3.05, 3.63) is 59.5 Å². The topological polar surface area (TPSA) is 37.8 Å². The van der Waals surface area contributed by atoms with Crippen LogP contribution in [-0.4, -0.2) is 16.5 Å². The van der Waals surface area contributed by atoms with Crippen LogP contribution < -0.4 is 5.32 Å². The molecule has 2 aromatic rings. The summed E-state index contributed by atoms with van der Waals surface area (Å²) in [5, 5.41) is 3.50. The van der Waals surface area contributed by atoms with Crippen LogP contribution in [0.5, 0.6) is 0 Å². The van der Waals surface area contributed by atoms with Crippen molar-refractivity contribution in [2.75, 3.05) is 11.9 Å². The van der Waals surface area contributed by atoms with Gasteiger partial charge in [-0.3, -0.25) is 4.98 Å². The number of hydrogen-bond donors (Lipinski definition) is 1. The lowest BCUT2D eigenvalue weighted by Crippen LogP contribution is -2.00. The van der Waals surface area contributed by atoms with Gasteiger partial charge in [-0.15, -0.1) is 0 Å². The van der Waals surface area contributed by atoms with Crippen LogP contribution in [0.4, 0.5) is 5.82 Å². The molecule has 3 nitrogen and oxygen atoms in total. The molecular weight excluding hydrogens is 234 g/mol. The fraction of sp³-hybridized carbons (Fsp3) is 0.0769. The maximum Gasteiger partial charge on any atom is 0.149 e. The van der Waals surface area contributed by atoms with E-state index >= 15 is 0 Å². The van der Waals surface area contributed by atoms with Gasteiger partial charge in [0.15, 0.2) is 0 Å². The summed E-state index contributed by atoms with van der Waals surface area (Å²) in [6.45, 7) is 0.684. The normalized spacial score (nSPS) is 10.6. The number of aromatic nitrogens is 2. The lowest BCUT2D eigenvalue weighted by molar-refractivity contribution is 1.16. The molecule has 0 aliphatic rings. The standard InChI is InChI=1S/C13H12ClN3/c14-12-9-15-10-13(17-12)16-8-4-7-11-5-2-1-3-6-11/h1-7,9-10H,8H2,(H,16,17)/b7-4+. The molecule has 86 valence electrons. The van der Waals surface area contributed by atoms with Crippen LogP contribution in [0.3, 0.4) is 0 Å². The molecule has 0 aliphatic carbocycles. The van der Waals surface area contributed by atoms with Crippen LogP contribution in [0.1, 0.15) is 5.56 Å². The fourth-order valence-electron chi connectivity index (χ4n) is 1.35. The van der Waals surface area contributed by atoms with Gasteiger partial charge < -0.3 is 5.32 Å². The third kappa shape index (κ3) is 3.89. The predicted octanol–water partition coefficient (Wildman–Crippen LogP) is 3.26. The number of rotatable bonds is 4. The van der Waals surface area contributed by atoms with Crippen molar-refractivity contribution >= 4 is 23.5 Å². The van der Waals surface area contributed by atoms with Crippen LogP contribution in [0.2, 0.25) is 5.15 Å². The van der Waals surface area contributed by atoms with Gasteiger partial charge in [-0.1, -0.05) is 54.1 Å². The highest BCUT2D eigenvalue weighted by atomic mass is 35.5. The molecule has 0 unspecified atom stereocenters. The van der Waals surface area contributed by atoms with Crippen molar-refractivity contribution < 1.29 is 0 Å². The summed E-state index contributed by atoms with van der Waals surface area (Å²) in [4.78, 5) is 8.02. The van der Waals surface area contributed by atoms with Crippen molar-refractivity contribution in [1.82, 2.24) is 9.97 Å². The second-order valence-corrected chi connectivity index (χ2v) is 3.81. The van der Waals surface area contributed by atoms with Gasteiger partial charge in [0.25, 0.3) is 0 Å². The van der Waals surface area contributed by atoms with Crippen LogP contribution in [-0.2, 0) is 0 Å². The zero-order chi connectivity index (χ0) is 11.9. The maximum atomic E-state index is 5.72. The van der Waals surface area contributed by atoms with Crippen LogP contribution in [0, 0.1) is 0 Å². The number of nitrogens with zero attached hydrogens (tertiary/aromatic N) is 2. The SMILES string of the molecule is Clc1cncc(NC/C=C/c2ccccc2)n1. The molecule has 4 heteroatoms. The van der Waals surface area contributed by atoms with Gasteiger partial charge in [-0.05, 0) is 5.56 Å². The predicted molar refractivity (Wildman–Crippen MR) is 71.0 cm³/mol. The Hall–Kier alpha value is -1.87. The fourth-order valence-corrected chi connectivity index (χ4v) is 1.50. The van der Waals surface area contributed by atoms with Crippen molar-refractivity contribution in [3.8, 4) is 0 Å². The minimum Gasteiger partial charge on any atom is -0.365 e. The van der Waals surface area contributed by atoms with Crippen LogP contribution in [0.15, 0.2) is 48.8 Å². The highest BCUT2D eigenvalue weighted by Gasteiger charge is 1.93. The first-order valence-corrected chi connectivity index (χ1v) is 5.65. The Balaban J connectivity index is 1.86. The molecule has 0 spiro atoms. The zero-order valence-electron chi connectivity index (χ0n) is 9.18. The summed E-state index contributed by atoms with van der Waals surface area (Å²) in [5.74, 6) is 0.676. The van der Waals surface area contributed by atoms with Crippen LogP contribution in [0.25, 0.3) is 6.08 Å². The minimum atomic E-state index is 0.391. The zero-order valence-corrected chi connectivity index (χ0v) is 9.93. The van der Waals surface area contributed by atoms with Gasteiger partial charge in [0.1, 0.15) is 11.0 Å². The molecule has 1 N–H and O–H groups in total. The Morgan fingerprint density at radius 1 is 1.18 bits per heavy atom. The van der Waals surface area contributed by atoms with E-state index in [2.05, 4.69) is 27.4 Å². The quantitative estimate of drug-likeness (QED) is 0.899. The van der Waals surface area contributed by atoms with E-state index in [9.17, 15) is 0 Å². The Labute approximate surface area is 105 Å². The molecule has 2 rings (SSSR count). The molecule has 0 saturated heterocycles. The summed E-state index contributed by atoms with van der Waals surface area (Å²) in [6.07, 6.45) is 7.22. The van der Waals surface area contributed by atoms with Gasteiger partial charge in [-0.25, -0.2) is 4.98 Å². The van der Waals surface area contributed by atoms with Crippen molar-refractivity contribution in [2.45, 2.75) is 0 Å². The number of anilines is 1. The van der Waals surface area contributed by atoms with E-state index in [-0.39, 0.29) is 0 Å². The third-order valence-corrected chi connectivity index (χ3v) is 2.30. The van der Waals surface area contributed by atoms with Gasteiger partial charge >= 0.3 is 0 Å². The minimum absolute atomic E-state index is 0.391. The second kappa shape index (κ2) is 6.01. The van der Waals surface area contributed by atoms with E-state index in [0.29, 0.717) is 17.5 Å². The van der Waals surface area contributed by atoms with E-state index in [0.717, 1.165) is 0 Å². The number of halogens is 1. The molecule has 0 radical (unpaired) electrons. The molecule has 0 fully saturated rings. The average molecular weight is 246 g/mol. The molecule has 0 saturated carbocycles.